The van der Waals surface area contributed by atoms with Crippen molar-refractivity contribution < 1.29 is 9.53 Å². The minimum absolute atomic E-state index is 0.0849. The average molecular weight is 380 g/mol. The van der Waals surface area contributed by atoms with Gasteiger partial charge < -0.3 is 19.9 Å². The molecule has 0 amide bonds. The number of aromatic nitrogens is 2. The van der Waals surface area contributed by atoms with Crippen molar-refractivity contribution in [1.29, 1.82) is 0 Å². The molecule has 7 nitrogen and oxygen atoms in total. The SMILES string of the molecule is CCOC(=O)c1cn(C2CC2)c2c3c(ncc2c1=O)N1CC(N)CC1CC=C3. The number of rotatable bonds is 3. The molecule has 0 spiro atoms. The molecule has 2 fully saturated rings. The smallest absolute Gasteiger partial charge is 0.343 e. The predicted molar refractivity (Wildman–Crippen MR) is 108 cm³/mol. The Balaban J connectivity index is 1.77. The van der Waals surface area contributed by atoms with E-state index in [1.807, 2.05) is 0 Å². The normalized spacial score (nSPS) is 23.4. The van der Waals surface area contributed by atoms with Crippen molar-refractivity contribution >= 4 is 28.8 Å². The van der Waals surface area contributed by atoms with Crippen molar-refractivity contribution in [3.8, 4) is 0 Å². The summed E-state index contributed by atoms with van der Waals surface area (Å²) < 4.78 is 7.19. The van der Waals surface area contributed by atoms with E-state index in [0.29, 0.717) is 17.5 Å². The fourth-order valence-corrected chi connectivity index (χ4v) is 4.52. The van der Waals surface area contributed by atoms with E-state index in [1.54, 1.807) is 19.3 Å². The number of carbonyl (C=O) groups excluding carboxylic acids is 1. The van der Waals surface area contributed by atoms with E-state index in [9.17, 15) is 9.59 Å². The second-order valence-electron chi connectivity index (χ2n) is 7.93. The Hall–Kier alpha value is -2.67. The summed E-state index contributed by atoms with van der Waals surface area (Å²) in [6, 6.07) is 0.784. The molecule has 2 N–H and O–H groups in total. The van der Waals surface area contributed by atoms with Gasteiger partial charge in [0.15, 0.2) is 0 Å². The largest absolute Gasteiger partial charge is 0.462 e. The molecule has 1 aliphatic carbocycles. The zero-order chi connectivity index (χ0) is 19.4. The van der Waals surface area contributed by atoms with Gasteiger partial charge in [0.1, 0.15) is 11.4 Å². The summed E-state index contributed by atoms with van der Waals surface area (Å²) in [6.07, 6.45) is 11.5. The number of carbonyl (C=O) groups is 1. The maximum absolute atomic E-state index is 13.1. The Bertz CT molecular complexity index is 1050. The Morgan fingerprint density at radius 1 is 1.36 bits per heavy atom. The number of ether oxygens (including phenoxy) is 1. The highest BCUT2D eigenvalue weighted by molar-refractivity contribution is 5.97. The van der Waals surface area contributed by atoms with Crippen LogP contribution in [0.25, 0.3) is 17.0 Å². The predicted octanol–water partition coefficient (Wildman–Crippen LogP) is 2.23. The van der Waals surface area contributed by atoms with E-state index < -0.39 is 5.97 Å². The molecule has 5 rings (SSSR count). The topological polar surface area (TPSA) is 90.5 Å². The number of fused-ring (bicyclic) bond motifs is 5. The third-order valence-corrected chi connectivity index (χ3v) is 5.93. The van der Waals surface area contributed by atoms with E-state index >= 15 is 0 Å². The van der Waals surface area contributed by atoms with E-state index in [4.69, 9.17) is 10.5 Å². The van der Waals surface area contributed by atoms with Crippen LogP contribution in [0.1, 0.15) is 54.6 Å². The molecule has 28 heavy (non-hydrogen) atoms. The van der Waals surface area contributed by atoms with Gasteiger partial charge in [-0.1, -0.05) is 12.2 Å². The Labute approximate surface area is 162 Å². The maximum atomic E-state index is 13.1. The maximum Gasteiger partial charge on any atom is 0.343 e. The zero-order valence-electron chi connectivity index (χ0n) is 15.9. The van der Waals surface area contributed by atoms with Gasteiger partial charge in [0.2, 0.25) is 5.43 Å². The number of esters is 1. The fraction of sp³-hybridized carbons (Fsp3) is 0.476. The molecule has 1 saturated carbocycles. The van der Waals surface area contributed by atoms with Crippen molar-refractivity contribution in [2.45, 2.75) is 50.7 Å². The number of hydrogen-bond acceptors (Lipinski definition) is 6. The molecule has 2 aromatic heterocycles. The molecule has 7 heteroatoms. The van der Waals surface area contributed by atoms with Crippen LogP contribution in [0.5, 0.6) is 0 Å². The molecular weight excluding hydrogens is 356 g/mol. The number of nitrogens with two attached hydrogens (primary N) is 1. The summed E-state index contributed by atoms with van der Waals surface area (Å²) in [7, 11) is 0. The van der Waals surface area contributed by atoms with Crippen LogP contribution < -0.4 is 16.1 Å². The van der Waals surface area contributed by atoms with Crippen molar-refractivity contribution in [1.82, 2.24) is 9.55 Å². The first-order valence-electron chi connectivity index (χ1n) is 10.0. The number of nitrogens with zero attached hydrogens (tertiary/aromatic N) is 3. The van der Waals surface area contributed by atoms with Crippen LogP contribution in [0.3, 0.4) is 0 Å². The van der Waals surface area contributed by atoms with Crippen molar-refractivity contribution in [3.63, 3.8) is 0 Å². The standard InChI is InChI=1S/C21H24N4O3/c1-2-28-21(27)17-11-24(13-6-7-13)18-15-5-3-4-14-8-12(22)10-25(14)20(15)23-9-16(18)19(17)26/h3,5,9,11-14H,2,4,6-8,10,22H2,1H3. The van der Waals surface area contributed by atoms with E-state index in [0.717, 1.165) is 49.1 Å². The van der Waals surface area contributed by atoms with Crippen molar-refractivity contribution in [3.05, 3.63) is 39.8 Å². The molecule has 2 aliphatic heterocycles. The highest BCUT2D eigenvalue weighted by Gasteiger charge is 2.35. The molecule has 0 radical (unpaired) electrons. The second-order valence-corrected chi connectivity index (χ2v) is 7.93. The number of pyridine rings is 2. The Morgan fingerprint density at radius 3 is 2.93 bits per heavy atom. The van der Waals surface area contributed by atoms with Crippen molar-refractivity contribution in [2.24, 2.45) is 5.73 Å². The lowest BCUT2D eigenvalue weighted by molar-refractivity contribution is 0.0524. The van der Waals surface area contributed by atoms with Gasteiger partial charge in [-0.3, -0.25) is 4.79 Å². The lowest BCUT2D eigenvalue weighted by Gasteiger charge is -2.26. The molecule has 4 heterocycles. The molecular formula is C21H24N4O3. The highest BCUT2D eigenvalue weighted by Crippen LogP contribution is 2.41. The van der Waals surface area contributed by atoms with Crippen LogP contribution in [0.2, 0.25) is 0 Å². The van der Waals surface area contributed by atoms with E-state index in [2.05, 4.69) is 26.6 Å². The van der Waals surface area contributed by atoms with E-state index in [-0.39, 0.29) is 23.6 Å². The summed E-state index contributed by atoms with van der Waals surface area (Å²) in [5, 5.41) is 0.475. The van der Waals surface area contributed by atoms with Gasteiger partial charge in [-0.2, -0.15) is 0 Å². The molecule has 2 atom stereocenters. The molecule has 146 valence electrons. The van der Waals surface area contributed by atoms with Crippen LogP contribution in [0.4, 0.5) is 5.82 Å². The monoisotopic (exact) mass is 380 g/mol. The summed E-state index contributed by atoms with van der Waals surface area (Å²) in [5.74, 6) is 0.316. The quantitative estimate of drug-likeness (QED) is 0.821. The molecule has 0 aromatic carbocycles. The summed E-state index contributed by atoms with van der Waals surface area (Å²) in [4.78, 5) is 32.4. The minimum atomic E-state index is -0.570. The van der Waals surface area contributed by atoms with Crippen LogP contribution in [-0.4, -0.2) is 40.8 Å². The molecule has 2 unspecified atom stereocenters. The van der Waals surface area contributed by atoms with Gasteiger partial charge in [0.25, 0.3) is 0 Å². The Kier molecular flexibility index (Phi) is 4.01. The average Bonchev–Trinajstić information content (AvgIpc) is 3.47. The molecule has 1 saturated heterocycles. The first-order valence-corrected chi connectivity index (χ1v) is 10.0. The highest BCUT2D eigenvalue weighted by atomic mass is 16.5. The van der Waals surface area contributed by atoms with Crippen LogP contribution in [-0.2, 0) is 4.74 Å². The third-order valence-electron chi connectivity index (χ3n) is 5.93. The van der Waals surface area contributed by atoms with Gasteiger partial charge in [0, 0.05) is 42.6 Å². The lowest BCUT2D eigenvalue weighted by atomic mass is 10.1. The molecule has 0 bridgehead atoms. The second kappa shape index (κ2) is 6.44. The van der Waals surface area contributed by atoms with Gasteiger partial charge in [-0.25, -0.2) is 9.78 Å². The van der Waals surface area contributed by atoms with Crippen LogP contribution in [0.15, 0.2) is 23.3 Å². The van der Waals surface area contributed by atoms with Crippen LogP contribution in [0, 0.1) is 0 Å². The third kappa shape index (κ3) is 2.64. The van der Waals surface area contributed by atoms with Gasteiger partial charge in [0.05, 0.1) is 17.5 Å². The lowest BCUT2D eigenvalue weighted by Crippen LogP contribution is -2.31. The molecule has 3 aliphatic rings. The number of anilines is 1. The number of hydrogen-bond donors (Lipinski definition) is 1. The van der Waals surface area contributed by atoms with Gasteiger partial charge >= 0.3 is 5.97 Å². The van der Waals surface area contributed by atoms with E-state index in [1.165, 1.54) is 0 Å². The Morgan fingerprint density at radius 2 is 2.18 bits per heavy atom. The summed E-state index contributed by atoms with van der Waals surface area (Å²) >= 11 is 0. The van der Waals surface area contributed by atoms with Crippen molar-refractivity contribution in [2.75, 3.05) is 18.1 Å². The van der Waals surface area contributed by atoms with Gasteiger partial charge in [-0.05, 0) is 32.6 Å². The van der Waals surface area contributed by atoms with Crippen LogP contribution >= 0.6 is 0 Å². The first kappa shape index (κ1) is 17.4. The summed E-state index contributed by atoms with van der Waals surface area (Å²) in [6.45, 7) is 2.75. The zero-order valence-corrected chi connectivity index (χ0v) is 15.9. The first-order chi connectivity index (χ1) is 13.6. The fourth-order valence-electron chi connectivity index (χ4n) is 4.52. The van der Waals surface area contributed by atoms with Gasteiger partial charge in [-0.15, -0.1) is 0 Å². The minimum Gasteiger partial charge on any atom is -0.462 e. The summed E-state index contributed by atoms with van der Waals surface area (Å²) in [5.41, 5.74) is 7.80. The molecule has 2 aromatic rings.